The van der Waals surface area contributed by atoms with Crippen LogP contribution < -0.4 is 5.32 Å². The fourth-order valence-corrected chi connectivity index (χ4v) is 4.01. The highest BCUT2D eigenvalue weighted by Crippen LogP contribution is 2.33. The standard InChI is InChI=1S/C22H17N5S/c1-15-12-27(14-25-15)17-6-2-5-16(11-17)26-22-19-8-3-7-18(20-9-4-10-28-20)21(19)23-13-24-22/h2-14H,1H3,(H,23,24,26). The van der Waals surface area contributed by atoms with Gasteiger partial charge in [-0.3, -0.25) is 0 Å². The van der Waals surface area contributed by atoms with Crippen molar-refractivity contribution in [3.63, 3.8) is 0 Å². The number of aromatic nitrogens is 4. The van der Waals surface area contributed by atoms with Crippen LogP contribution in [-0.2, 0) is 0 Å². The number of benzene rings is 2. The van der Waals surface area contributed by atoms with E-state index in [1.807, 2.05) is 36.1 Å². The van der Waals surface area contributed by atoms with E-state index in [2.05, 4.69) is 68.1 Å². The van der Waals surface area contributed by atoms with E-state index in [4.69, 9.17) is 0 Å². The number of thiophene rings is 1. The van der Waals surface area contributed by atoms with Crippen molar-refractivity contribution >= 4 is 33.7 Å². The molecule has 0 fully saturated rings. The maximum absolute atomic E-state index is 4.55. The first-order valence-electron chi connectivity index (χ1n) is 8.93. The third-order valence-electron chi connectivity index (χ3n) is 4.57. The van der Waals surface area contributed by atoms with Crippen LogP contribution in [0.2, 0.25) is 0 Å². The first kappa shape index (κ1) is 16.6. The lowest BCUT2D eigenvalue weighted by atomic mass is 10.1. The lowest BCUT2D eigenvalue weighted by Crippen LogP contribution is -1.98. The summed E-state index contributed by atoms with van der Waals surface area (Å²) in [4.78, 5) is 14.5. The highest BCUT2D eigenvalue weighted by molar-refractivity contribution is 7.13. The Labute approximate surface area is 166 Å². The first-order valence-corrected chi connectivity index (χ1v) is 9.81. The molecule has 0 amide bonds. The van der Waals surface area contributed by atoms with Gasteiger partial charge in [0.1, 0.15) is 12.1 Å². The van der Waals surface area contributed by atoms with Gasteiger partial charge < -0.3 is 9.88 Å². The van der Waals surface area contributed by atoms with Gasteiger partial charge in [0.25, 0.3) is 0 Å². The van der Waals surface area contributed by atoms with Gasteiger partial charge in [0.2, 0.25) is 0 Å². The highest BCUT2D eigenvalue weighted by Gasteiger charge is 2.10. The van der Waals surface area contributed by atoms with Crippen molar-refractivity contribution in [2.75, 3.05) is 5.32 Å². The molecule has 0 atom stereocenters. The van der Waals surface area contributed by atoms with Crippen LogP contribution in [0.1, 0.15) is 5.69 Å². The molecule has 136 valence electrons. The minimum absolute atomic E-state index is 0.794. The second-order valence-corrected chi connectivity index (χ2v) is 7.45. The van der Waals surface area contributed by atoms with Crippen molar-refractivity contribution in [3.8, 4) is 16.1 Å². The number of fused-ring (bicyclic) bond motifs is 1. The van der Waals surface area contributed by atoms with Crippen LogP contribution in [0.25, 0.3) is 27.0 Å². The van der Waals surface area contributed by atoms with E-state index in [1.165, 1.54) is 4.88 Å². The minimum Gasteiger partial charge on any atom is -0.340 e. The molecule has 3 heterocycles. The van der Waals surface area contributed by atoms with E-state index in [1.54, 1.807) is 17.7 Å². The van der Waals surface area contributed by atoms with Gasteiger partial charge in [-0.2, -0.15) is 0 Å². The van der Waals surface area contributed by atoms with Gasteiger partial charge in [0, 0.05) is 33.4 Å². The van der Waals surface area contributed by atoms with Crippen molar-refractivity contribution in [1.82, 2.24) is 19.5 Å². The number of aryl methyl sites for hydroxylation is 1. The smallest absolute Gasteiger partial charge is 0.141 e. The SMILES string of the molecule is Cc1cn(-c2cccc(Nc3ncnc4c(-c5cccs5)cccc34)c2)cn1. The summed E-state index contributed by atoms with van der Waals surface area (Å²) in [7, 11) is 0. The Balaban J connectivity index is 1.55. The van der Waals surface area contributed by atoms with Crippen molar-refractivity contribution in [2.24, 2.45) is 0 Å². The van der Waals surface area contributed by atoms with E-state index >= 15 is 0 Å². The fourth-order valence-electron chi connectivity index (χ4n) is 3.26. The second-order valence-electron chi connectivity index (χ2n) is 6.50. The molecular weight excluding hydrogens is 366 g/mol. The normalized spacial score (nSPS) is 11.0. The quantitative estimate of drug-likeness (QED) is 0.439. The molecule has 5 nitrogen and oxygen atoms in total. The molecular formula is C22H17N5S. The molecule has 0 unspecified atom stereocenters. The Bertz CT molecular complexity index is 1260. The van der Waals surface area contributed by atoms with E-state index in [9.17, 15) is 0 Å². The van der Waals surface area contributed by atoms with Gasteiger partial charge in [0.05, 0.1) is 17.5 Å². The van der Waals surface area contributed by atoms with Gasteiger partial charge in [-0.25, -0.2) is 15.0 Å². The van der Waals surface area contributed by atoms with Crippen LogP contribution in [0, 0.1) is 6.92 Å². The Morgan fingerprint density at radius 1 is 0.964 bits per heavy atom. The van der Waals surface area contributed by atoms with Gasteiger partial charge in [-0.1, -0.05) is 24.3 Å². The third-order valence-corrected chi connectivity index (χ3v) is 5.47. The van der Waals surface area contributed by atoms with Crippen LogP contribution in [-0.4, -0.2) is 19.5 Å². The Kier molecular flexibility index (Phi) is 4.10. The number of hydrogen-bond acceptors (Lipinski definition) is 5. The lowest BCUT2D eigenvalue weighted by molar-refractivity contribution is 1.06. The van der Waals surface area contributed by atoms with Gasteiger partial charge >= 0.3 is 0 Å². The summed E-state index contributed by atoms with van der Waals surface area (Å²) >= 11 is 1.71. The van der Waals surface area contributed by atoms with E-state index < -0.39 is 0 Å². The summed E-state index contributed by atoms with van der Waals surface area (Å²) < 4.78 is 2.01. The molecule has 0 aliphatic rings. The van der Waals surface area contributed by atoms with Gasteiger partial charge in [0.15, 0.2) is 0 Å². The molecule has 5 aromatic rings. The molecule has 6 heteroatoms. The largest absolute Gasteiger partial charge is 0.340 e. The number of hydrogen-bond donors (Lipinski definition) is 1. The Hall–Kier alpha value is -3.51. The summed E-state index contributed by atoms with van der Waals surface area (Å²) in [6.07, 6.45) is 5.44. The number of imidazole rings is 1. The zero-order valence-corrected chi connectivity index (χ0v) is 16.0. The number of anilines is 2. The molecule has 5 rings (SSSR count). The van der Waals surface area contributed by atoms with Crippen LogP contribution in [0.3, 0.4) is 0 Å². The van der Waals surface area contributed by atoms with Crippen molar-refractivity contribution in [1.29, 1.82) is 0 Å². The summed E-state index contributed by atoms with van der Waals surface area (Å²) in [6, 6.07) is 18.6. The predicted octanol–water partition coefficient (Wildman–Crippen LogP) is 5.60. The van der Waals surface area contributed by atoms with Crippen LogP contribution in [0.5, 0.6) is 0 Å². The molecule has 2 aromatic carbocycles. The molecule has 0 aliphatic heterocycles. The molecule has 0 bridgehead atoms. The van der Waals surface area contributed by atoms with Crippen molar-refractivity contribution in [3.05, 3.63) is 84.5 Å². The molecule has 3 aromatic heterocycles. The van der Waals surface area contributed by atoms with Crippen molar-refractivity contribution in [2.45, 2.75) is 6.92 Å². The Morgan fingerprint density at radius 3 is 2.71 bits per heavy atom. The molecule has 0 spiro atoms. The molecule has 0 radical (unpaired) electrons. The summed E-state index contributed by atoms with van der Waals surface area (Å²) in [5.74, 6) is 0.794. The van der Waals surface area contributed by atoms with Gasteiger partial charge in [-0.05, 0) is 42.6 Å². The molecule has 0 saturated heterocycles. The highest BCUT2D eigenvalue weighted by atomic mass is 32.1. The summed E-state index contributed by atoms with van der Waals surface area (Å²) in [5.41, 5.74) is 5.07. The first-order chi connectivity index (χ1) is 13.8. The van der Waals surface area contributed by atoms with Crippen LogP contribution >= 0.6 is 11.3 Å². The van der Waals surface area contributed by atoms with Gasteiger partial charge in [-0.15, -0.1) is 11.3 Å². The van der Waals surface area contributed by atoms with E-state index in [-0.39, 0.29) is 0 Å². The van der Waals surface area contributed by atoms with E-state index in [0.717, 1.165) is 39.4 Å². The maximum Gasteiger partial charge on any atom is 0.141 e. The predicted molar refractivity (Wildman–Crippen MR) is 114 cm³/mol. The molecule has 28 heavy (non-hydrogen) atoms. The number of nitrogens with zero attached hydrogens (tertiary/aromatic N) is 4. The zero-order chi connectivity index (χ0) is 18.9. The zero-order valence-electron chi connectivity index (χ0n) is 15.2. The molecule has 1 N–H and O–H groups in total. The number of nitrogens with one attached hydrogen (secondary N) is 1. The van der Waals surface area contributed by atoms with Crippen molar-refractivity contribution < 1.29 is 0 Å². The summed E-state index contributed by atoms with van der Waals surface area (Å²) in [6.45, 7) is 1.98. The van der Waals surface area contributed by atoms with Crippen LogP contribution in [0.15, 0.2) is 78.8 Å². The monoisotopic (exact) mass is 383 g/mol. The third kappa shape index (κ3) is 3.04. The van der Waals surface area contributed by atoms with Crippen LogP contribution in [0.4, 0.5) is 11.5 Å². The molecule has 0 saturated carbocycles. The summed E-state index contributed by atoms with van der Waals surface area (Å²) in [5, 5.41) is 6.53. The second kappa shape index (κ2) is 6.90. The fraction of sp³-hybridized carbons (Fsp3) is 0.0455. The molecule has 0 aliphatic carbocycles. The maximum atomic E-state index is 4.55. The number of rotatable bonds is 4. The average molecular weight is 383 g/mol. The lowest BCUT2D eigenvalue weighted by Gasteiger charge is -2.11. The minimum atomic E-state index is 0.794. The Morgan fingerprint density at radius 2 is 1.89 bits per heavy atom. The number of para-hydroxylation sites is 1. The average Bonchev–Trinajstić information content (AvgIpc) is 3.40. The van der Waals surface area contributed by atoms with E-state index in [0.29, 0.717) is 0 Å². The topological polar surface area (TPSA) is 55.6 Å².